The highest BCUT2D eigenvalue weighted by Gasteiger charge is 2.38. The summed E-state index contributed by atoms with van der Waals surface area (Å²) in [4.78, 5) is 16.4. The third-order valence-corrected chi connectivity index (χ3v) is 2.61. The van der Waals surface area contributed by atoms with Gasteiger partial charge in [0.05, 0.1) is 5.69 Å². The van der Waals surface area contributed by atoms with Gasteiger partial charge < -0.3 is 10.8 Å². The van der Waals surface area contributed by atoms with Gasteiger partial charge in [-0.1, -0.05) is 0 Å². The van der Waals surface area contributed by atoms with E-state index in [0.717, 1.165) is 6.07 Å². The average molecular weight is 367 g/mol. The Kier molecular flexibility index (Phi) is 6.45. The number of nitrogens with zero attached hydrogens (tertiary/aromatic N) is 2. The molecule has 0 atom stereocenters. The Balaban J connectivity index is 0.000000381. The number of aliphatic carboxylic acids is 1. The lowest BCUT2D eigenvalue weighted by Gasteiger charge is -2.10. The Morgan fingerprint density at radius 2 is 1.76 bits per heavy atom. The summed E-state index contributed by atoms with van der Waals surface area (Å²) < 4.78 is 69.8. The molecule has 136 valence electrons. The van der Waals surface area contributed by atoms with Gasteiger partial charge in [-0.25, -0.2) is 9.78 Å². The molecule has 11 heteroatoms. The third-order valence-electron chi connectivity index (χ3n) is 2.61. The molecule has 0 aliphatic rings. The summed E-state index contributed by atoms with van der Waals surface area (Å²) in [6.07, 6.45) is -6.56. The normalized spacial score (nSPS) is 11.5. The number of aromatic nitrogens is 2. The first-order chi connectivity index (χ1) is 11.4. The zero-order valence-corrected chi connectivity index (χ0v) is 12.3. The molecule has 2 heterocycles. The maximum atomic E-state index is 12.7. The molecule has 0 saturated carbocycles. The quantitative estimate of drug-likeness (QED) is 0.796. The maximum absolute atomic E-state index is 12.7. The fraction of sp³-hybridized carbons (Fsp3) is 0.214. The summed E-state index contributed by atoms with van der Waals surface area (Å²) in [5.74, 6) is -2.76. The Morgan fingerprint density at radius 1 is 1.16 bits per heavy atom. The van der Waals surface area contributed by atoms with Crippen LogP contribution >= 0.6 is 0 Å². The van der Waals surface area contributed by atoms with E-state index in [9.17, 15) is 26.3 Å². The molecule has 2 aromatic heterocycles. The summed E-state index contributed by atoms with van der Waals surface area (Å²) in [6, 6.07) is 5.78. The van der Waals surface area contributed by atoms with E-state index >= 15 is 0 Å². The predicted octanol–water partition coefficient (Wildman–Crippen LogP) is 3.25. The first-order valence-electron chi connectivity index (χ1n) is 6.44. The summed E-state index contributed by atoms with van der Waals surface area (Å²) in [6.45, 7) is 0.0266. The van der Waals surface area contributed by atoms with E-state index in [1.54, 1.807) is 18.3 Å². The molecule has 5 nitrogen and oxygen atoms in total. The summed E-state index contributed by atoms with van der Waals surface area (Å²) in [5, 5.41) is 7.12. The number of alkyl halides is 6. The lowest BCUT2D eigenvalue weighted by Crippen LogP contribution is -2.21. The second kappa shape index (κ2) is 7.92. The lowest BCUT2D eigenvalue weighted by atomic mass is 10.1. The van der Waals surface area contributed by atoms with Crippen molar-refractivity contribution in [2.75, 3.05) is 0 Å². The molecule has 2 aromatic rings. The molecule has 0 aliphatic carbocycles. The molecule has 0 saturated heterocycles. The molecule has 0 spiro atoms. The van der Waals surface area contributed by atoms with Crippen molar-refractivity contribution in [2.45, 2.75) is 18.9 Å². The minimum atomic E-state index is -5.08. The second-order valence-corrected chi connectivity index (χ2v) is 4.49. The van der Waals surface area contributed by atoms with Gasteiger partial charge in [0.15, 0.2) is 0 Å². The van der Waals surface area contributed by atoms with Crippen LogP contribution in [-0.4, -0.2) is 27.2 Å². The number of hydrogen-bond acceptors (Lipinski definition) is 4. The highest BCUT2D eigenvalue weighted by Crippen LogP contribution is 2.30. The zero-order valence-electron chi connectivity index (χ0n) is 12.3. The van der Waals surface area contributed by atoms with Crippen LogP contribution in [0.25, 0.3) is 11.3 Å². The summed E-state index contributed by atoms with van der Waals surface area (Å²) in [5.41, 5.74) is 5.59. The number of hydrogen-bond donors (Lipinski definition) is 2. The van der Waals surface area contributed by atoms with E-state index in [0.29, 0.717) is 11.1 Å². The number of carbonyl (C=O) groups is 1. The minimum Gasteiger partial charge on any atom is -0.475 e. The van der Waals surface area contributed by atoms with Crippen LogP contribution in [0.2, 0.25) is 0 Å². The lowest BCUT2D eigenvalue weighted by molar-refractivity contribution is -0.192. The number of carboxylic acids is 1. The highest BCUT2D eigenvalue weighted by atomic mass is 19.4. The van der Waals surface area contributed by atoms with E-state index in [1.807, 2.05) is 0 Å². The molecule has 2 rings (SSSR count). The number of nitrogens with two attached hydrogens (primary N) is 1. The number of carboxylic acid groups (broad SMARTS) is 1. The topological polar surface area (TPSA) is 89.1 Å². The Morgan fingerprint density at radius 3 is 2.16 bits per heavy atom. The van der Waals surface area contributed by atoms with Gasteiger partial charge in [-0.15, -0.1) is 0 Å². The zero-order chi connectivity index (χ0) is 19.3. The molecular formula is C14H11F6N3O2. The molecule has 25 heavy (non-hydrogen) atoms. The van der Waals surface area contributed by atoms with Crippen molar-refractivity contribution in [1.29, 1.82) is 0 Å². The van der Waals surface area contributed by atoms with Gasteiger partial charge in [0.2, 0.25) is 0 Å². The van der Waals surface area contributed by atoms with Crippen molar-refractivity contribution in [3.05, 3.63) is 47.9 Å². The van der Waals surface area contributed by atoms with E-state index in [-0.39, 0.29) is 12.2 Å². The summed E-state index contributed by atoms with van der Waals surface area (Å²) in [7, 11) is 0. The highest BCUT2D eigenvalue weighted by molar-refractivity contribution is 5.73. The molecule has 0 aliphatic heterocycles. The van der Waals surface area contributed by atoms with Gasteiger partial charge >= 0.3 is 18.3 Å². The van der Waals surface area contributed by atoms with Crippen molar-refractivity contribution < 1.29 is 36.2 Å². The Labute approximate surface area is 137 Å². The van der Waals surface area contributed by atoms with Crippen LogP contribution in [0.4, 0.5) is 26.3 Å². The summed E-state index contributed by atoms with van der Waals surface area (Å²) >= 11 is 0. The standard InChI is InChI=1S/C12H10F3N3.C2HF3O2/c13-12(14,15)11-5-8(6-16)4-10(18-11)9-2-1-3-17-7-9;3-2(4,5)1(6)7/h1-5,7H,6,16H2;(H,6,7). The Hall–Kier alpha value is -2.69. The molecule has 0 amide bonds. The van der Waals surface area contributed by atoms with Gasteiger partial charge in [0.25, 0.3) is 0 Å². The van der Waals surface area contributed by atoms with E-state index < -0.39 is 24.0 Å². The second-order valence-electron chi connectivity index (χ2n) is 4.49. The number of halogens is 6. The van der Waals surface area contributed by atoms with Crippen molar-refractivity contribution in [1.82, 2.24) is 9.97 Å². The molecule has 0 aromatic carbocycles. The van der Waals surface area contributed by atoms with Crippen molar-refractivity contribution >= 4 is 5.97 Å². The Bertz CT molecular complexity index is 717. The van der Waals surface area contributed by atoms with Crippen LogP contribution in [0.3, 0.4) is 0 Å². The van der Waals surface area contributed by atoms with E-state index in [4.69, 9.17) is 15.6 Å². The van der Waals surface area contributed by atoms with Gasteiger partial charge in [-0.2, -0.15) is 26.3 Å². The van der Waals surface area contributed by atoms with Gasteiger partial charge in [-0.05, 0) is 29.8 Å². The molecule has 0 unspecified atom stereocenters. The molecule has 3 N–H and O–H groups in total. The fourth-order valence-electron chi connectivity index (χ4n) is 1.51. The van der Waals surface area contributed by atoms with Crippen molar-refractivity contribution in [2.24, 2.45) is 5.73 Å². The van der Waals surface area contributed by atoms with Gasteiger partial charge in [-0.3, -0.25) is 4.98 Å². The van der Waals surface area contributed by atoms with Crippen LogP contribution in [0.5, 0.6) is 0 Å². The van der Waals surface area contributed by atoms with Crippen LogP contribution < -0.4 is 5.73 Å². The maximum Gasteiger partial charge on any atom is 0.490 e. The minimum absolute atomic E-state index is 0.0266. The van der Waals surface area contributed by atoms with E-state index in [2.05, 4.69) is 9.97 Å². The van der Waals surface area contributed by atoms with Crippen LogP contribution in [-0.2, 0) is 17.5 Å². The first-order valence-corrected chi connectivity index (χ1v) is 6.44. The van der Waals surface area contributed by atoms with Crippen LogP contribution in [0.15, 0.2) is 36.7 Å². The SMILES string of the molecule is NCc1cc(-c2cccnc2)nc(C(F)(F)F)c1.O=C(O)C(F)(F)F. The van der Waals surface area contributed by atoms with Crippen LogP contribution in [0, 0.1) is 0 Å². The average Bonchev–Trinajstić information content (AvgIpc) is 2.54. The van der Waals surface area contributed by atoms with Crippen molar-refractivity contribution in [3.63, 3.8) is 0 Å². The molecule has 0 fully saturated rings. The monoisotopic (exact) mass is 367 g/mol. The third kappa shape index (κ3) is 6.37. The molecule has 0 bridgehead atoms. The molecule has 0 radical (unpaired) electrons. The smallest absolute Gasteiger partial charge is 0.475 e. The van der Waals surface area contributed by atoms with Crippen LogP contribution in [0.1, 0.15) is 11.3 Å². The fourth-order valence-corrected chi connectivity index (χ4v) is 1.51. The van der Waals surface area contributed by atoms with E-state index in [1.165, 1.54) is 12.3 Å². The predicted molar refractivity (Wildman–Crippen MR) is 74.1 cm³/mol. The number of rotatable bonds is 2. The number of pyridine rings is 2. The van der Waals surface area contributed by atoms with Gasteiger partial charge in [0, 0.05) is 24.5 Å². The molecular weight excluding hydrogens is 356 g/mol. The van der Waals surface area contributed by atoms with Gasteiger partial charge in [0.1, 0.15) is 5.69 Å². The first kappa shape index (κ1) is 20.4. The van der Waals surface area contributed by atoms with Crippen molar-refractivity contribution in [3.8, 4) is 11.3 Å². The largest absolute Gasteiger partial charge is 0.490 e.